The Balaban J connectivity index is 1.86. The maximum absolute atomic E-state index is 13.8. The van der Waals surface area contributed by atoms with Crippen molar-refractivity contribution < 1.29 is 13.9 Å². The van der Waals surface area contributed by atoms with E-state index in [1.807, 2.05) is 37.3 Å². The van der Waals surface area contributed by atoms with Gasteiger partial charge in [0, 0.05) is 29.6 Å². The van der Waals surface area contributed by atoms with Crippen LogP contribution in [0, 0.1) is 11.2 Å². The van der Waals surface area contributed by atoms with Gasteiger partial charge in [-0.1, -0.05) is 54.9 Å². The minimum Gasteiger partial charge on any atom is -0.360 e. The van der Waals surface area contributed by atoms with Gasteiger partial charge in [0.25, 0.3) is 0 Å². The van der Waals surface area contributed by atoms with Crippen LogP contribution in [0.2, 0.25) is 5.02 Å². The number of benzene rings is 3. The molecule has 0 bridgehead atoms. The van der Waals surface area contributed by atoms with E-state index in [0.717, 1.165) is 71.2 Å². The van der Waals surface area contributed by atoms with Crippen LogP contribution in [0.4, 0.5) is 10.1 Å². The fourth-order valence-electron chi connectivity index (χ4n) is 4.48. The maximum atomic E-state index is 13.8. The topological polar surface area (TPSA) is 62.2 Å². The lowest BCUT2D eigenvalue weighted by Gasteiger charge is -2.25. The first-order valence-electron chi connectivity index (χ1n) is 11.8. The molecular weight excluding hydrogens is 463 g/mol. The summed E-state index contributed by atoms with van der Waals surface area (Å²) in [6.07, 6.45) is 5.82. The van der Waals surface area contributed by atoms with Crippen LogP contribution in [0.3, 0.4) is 0 Å². The fraction of sp³-hybridized carbons (Fsp3) is 0.241. The van der Waals surface area contributed by atoms with Gasteiger partial charge in [0.05, 0.1) is 5.02 Å². The van der Waals surface area contributed by atoms with Crippen LogP contribution >= 0.6 is 11.6 Å². The van der Waals surface area contributed by atoms with Gasteiger partial charge in [0.1, 0.15) is 18.3 Å². The monoisotopic (exact) mass is 490 g/mol. The van der Waals surface area contributed by atoms with E-state index in [4.69, 9.17) is 21.7 Å². The lowest BCUT2D eigenvalue weighted by atomic mass is 9.87. The van der Waals surface area contributed by atoms with Crippen LogP contribution in [0.1, 0.15) is 65.2 Å². The van der Waals surface area contributed by atoms with Gasteiger partial charge in [-0.15, -0.1) is 0 Å². The number of allylic oxidation sites excluding steroid dienone is 1. The van der Waals surface area contributed by atoms with E-state index >= 15 is 0 Å². The van der Waals surface area contributed by atoms with Gasteiger partial charge < -0.3 is 15.5 Å². The summed E-state index contributed by atoms with van der Waals surface area (Å²) in [6.45, 7) is 2.76. The third-order valence-corrected chi connectivity index (χ3v) is 6.55. The molecule has 6 heteroatoms. The summed E-state index contributed by atoms with van der Waals surface area (Å²) < 4.78 is 19.6. The second-order valence-electron chi connectivity index (χ2n) is 8.52. The summed E-state index contributed by atoms with van der Waals surface area (Å²) in [5, 5.41) is 11.8. The molecule has 35 heavy (non-hydrogen) atoms. The zero-order valence-corrected chi connectivity index (χ0v) is 20.4. The van der Waals surface area contributed by atoms with Crippen molar-refractivity contribution in [1.29, 1.82) is 5.41 Å². The van der Waals surface area contributed by atoms with Gasteiger partial charge in [0.2, 0.25) is 0 Å². The van der Waals surface area contributed by atoms with E-state index in [9.17, 15) is 9.18 Å². The van der Waals surface area contributed by atoms with Gasteiger partial charge in [-0.2, -0.15) is 0 Å². The second kappa shape index (κ2) is 11.4. The van der Waals surface area contributed by atoms with E-state index < -0.39 is 5.82 Å². The molecule has 1 heterocycles. The molecule has 4 nitrogen and oxygen atoms in total. The van der Waals surface area contributed by atoms with Crippen molar-refractivity contribution in [3.63, 3.8) is 0 Å². The smallest absolute Gasteiger partial charge is 0.150 e. The van der Waals surface area contributed by atoms with Crippen LogP contribution in [0.5, 0.6) is 0 Å². The molecule has 1 atom stereocenters. The number of anilines is 1. The van der Waals surface area contributed by atoms with Gasteiger partial charge in [-0.25, -0.2) is 4.39 Å². The molecule has 1 saturated heterocycles. The molecule has 3 aromatic carbocycles. The Kier molecular flexibility index (Phi) is 8.11. The Morgan fingerprint density at radius 3 is 2.51 bits per heavy atom. The van der Waals surface area contributed by atoms with Crippen molar-refractivity contribution >= 4 is 40.9 Å². The summed E-state index contributed by atoms with van der Waals surface area (Å²) in [5.74, 6) is -0.391. The SMILES string of the molecule is CC/C(=C(/c1ccc(C=O)cc1)c1ccc(NC2CCCCO2)c(C=N)c1)c1ccc(F)cc1Cl. The Bertz CT molecular complexity index is 1250. The average Bonchev–Trinajstić information content (AvgIpc) is 2.89. The lowest BCUT2D eigenvalue weighted by Crippen LogP contribution is -2.27. The zero-order valence-electron chi connectivity index (χ0n) is 19.6. The van der Waals surface area contributed by atoms with Crippen molar-refractivity contribution in [2.24, 2.45) is 0 Å². The molecule has 0 aliphatic carbocycles. The summed E-state index contributed by atoms with van der Waals surface area (Å²) in [5.41, 5.74) is 6.57. The number of hydrogen-bond acceptors (Lipinski definition) is 4. The molecule has 2 N–H and O–H groups in total. The molecular formula is C29H28ClFN2O2. The molecule has 3 aromatic rings. The number of aldehydes is 1. The van der Waals surface area contributed by atoms with E-state index in [-0.39, 0.29) is 6.23 Å². The van der Waals surface area contributed by atoms with Crippen LogP contribution < -0.4 is 5.32 Å². The van der Waals surface area contributed by atoms with Crippen molar-refractivity contribution in [2.45, 2.75) is 38.8 Å². The van der Waals surface area contributed by atoms with Crippen LogP contribution in [0.15, 0.2) is 60.7 Å². The Labute approximate surface area is 210 Å². The first-order chi connectivity index (χ1) is 17.0. The van der Waals surface area contributed by atoms with Crippen molar-refractivity contribution in [2.75, 3.05) is 11.9 Å². The molecule has 0 aromatic heterocycles. The minimum atomic E-state index is -0.391. The summed E-state index contributed by atoms with van der Waals surface area (Å²) >= 11 is 6.48. The summed E-state index contributed by atoms with van der Waals surface area (Å²) in [7, 11) is 0. The molecule has 1 unspecified atom stereocenters. The van der Waals surface area contributed by atoms with Crippen LogP contribution in [-0.2, 0) is 4.74 Å². The molecule has 180 valence electrons. The Hall–Kier alpha value is -3.28. The van der Waals surface area contributed by atoms with Crippen LogP contribution in [0.25, 0.3) is 11.1 Å². The van der Waals surface area contributed by atoms with Crippen LogP contribution in [-0.4, -0.2) is 25.3 Å². The predicted octanol–water partition coefficient (Wildman–Crippen LogP) is 7.60. The normalized spacial score (nSPS) is 16.4. The number of carbonyl (C=O) groups excluding carboxylic acids is 1. The maximum Gasteiger partial charge on any atom is 0.150 e. The largest absolute Gasteiger partial charge is 0.360 e. The molecule has 0 saturated carbocycles. The van der Waals surface area contributed by atoms with E-state index in [1.54, 1.807) is 18.2 Å². The first kappa shape index (κ1) is 24.8. The van der Waals surface area contributed by atoms with Crippen molar-refractivity contribution in [3.8, 4) is 0 Å². The van der Waals surface area contributed by atoms with Gasteiger partial charge >= 0.3 is 0 Å². The number of ether oxygens (including phenoxy) is 1. The summed E-state index contributed by atoms with van der Waals surface area (Å²) in [6, 6.07) is 17.7. The third kappa shape index (κ3) is 5.69. The molecule has 1 aliphatic rings. The van der Waals surface area contributed by atoms with E-state index in [1.165, 1.54) is 18.3 Å². The van der Waals surface area contributed by atoms with Crippen molar-refractivity contribution in [3.05, 3.63) is 99.3 Å². The molecule has 0 spiro atoms. The number of nitrogens with one attached hydrogen (secondary N) is 2. The highest BCUT2D eigenvalue weighted by atomic mass is 35.5. The average molecular weight is 491 g/mol. The molecule has 1 fully saturated rings. The van der Waals surface area contributed by atoms with Crippen molar-refractivity contribution in [1.82, 2.24) is 0 Å². The van der Waals surface area contributed by atoms with Gasteiger partial charge in [-0.3, -0.25) is 4.79 Å². The van der Waals surface area contributed by atoms with E-state index in [2.05, 4.69) is 5.32 Å². The number of halogens is 2. The zero-order chi connectivity index (χ0) is 24.8. The number of hydrogen-bond donors (Lipinski definition) is 2. The molecule has 0 radical (unpaired) electrons. The second-order valence-corrected chi connectivity index (χ2v) is 8.92. The summed E-state index contributed by atoms with van der Waals surface area (Å²) in [4.78, 5) is 11.2. The third-order valence-electron chi connectivity index (χ3n) is 6.24. The molecule has 0 amide bonds. The Morgan fingerprint density at radius 2 is 1.89 bits per heavy atom. The fourth-order valence-corrected chi connectivity index (χ4v) is 4.76. The highest BCUT2D eigenvalue weighted by molar-refractivity contribution is 6.32. The molecule has 1 aliphatic heterocycles. The predicted molar refractivity (Wildman–Crippen MR) is 141 cm³/mol. The standard InChI is InChI=1S/C29H28ClFN2O2/c1-2-24(25-12-11-23(31)16-26(25)30)29(20-8-6-19(18-34)7-9-20)21-10-13-27(22(15-21)17-32)33-28-5-3-4-14-35-28/h6-13,15-18,28,32-33H,2-5,14H2,1H3/b29-24+,32-17?. The Morgan fingerprint density at radius 1 is 1.11 bits per heavy atom. The number of carbonyl (C=O) groups is 1. The lowest BCUT2D eigenvalue weighted by molar-refractivity contribution is 0.0343. The highest BCUT2D eigenvalue weighted by Crippen LogP contribution is 2.38. The highest BCUT2D eigenvalue weighted by Gasteiger charge is 2.19. The van der Waals surface area contributed by atoms with Gasteiger partial charge in [-0.05, 0) is 77.8 Å². The molecule has 4 rings (SSSR count). The minimum absolute atomic E-state index is 0.0663. The van der Waals surface area contributed by atoms with Gasteiger partial charge in [0.15, 0.2) is 0 Å². The number of rotatable bonds is 8. The van der Waals surface area contributed by atoms with E-state index in [0.29, 0.717) is 17.0 Å². The quantitative estimate of drug-likeness (QED) is 0.194. The first-order valence-corrected chi connectivity index (χ1v) is 12.2.